The summed E-state index contributed by atoms with van der Waals surface area (Å²) in [7, 11) is -2.13. The van der Waals surface area contributed by atoms with Crippen LogP contribution in [0.1, 0.15) is 5.56 Å². The van der Waals surface area contributed by atoms with E-state index in [9.17, 15) is 12.8 Å². The number of halogens is 1. The number of nitrogen functional groups attached to an aromatic ring is 1. The zero-order valence-corrected chi connectivity index (χ0v) is 11.7. The first-order chi connectivity index (χ1) is 9.42. The highest BCUT2D eigenvalue weighted by molar-refractivity contribution is 7.90. The summed E-state index contributed by atoms with van der Waals surface area (Å²) in [6.07, 6.45) is 0. The van der Waals surface area contributed by atoms with Crippen molar-refractivity contribution in [1.82, 2.24) is 0 Å². The number of hydrogen-bond donors (Lipinski definition) is 1. The van der Waals surface area contributed by atoms with E-state index in [2.05, 4.69) is 0 Å². The van der Waals surface area contributed by atoms with Gasteiger partial charge in [0.05, 0.1) is 23.4 Å². The van der Waals surface area contributed by atoms with Gasteiger partial charge in [0, 0.05) is 0 Å². The highest BCUT2D eigenvalue weighted by Crippen LogP contribution is 2.22. The predicted molar refractivity (Wildman–Crippen MR) is 74.7 cm³/mol. The van der Waals surface area contributed by atoms with Gasteiger partial charge in [-0.1, -0.05) is 12.1 Å². The molecule has 0 radical (unpaired) electrons. The standard InChI is InChI=1S/C14H14FNO3S/c1-19-11-4-2-3-10(7-11)9-20(17,18)12-5-6-14(16)13(15)8-12/h2-8H,9,16H2,1H3. The zero-order chi connectivity index (χ0) is 14.8. The summed E-state index contributed by atoms with van der Waals surface area (Å²) in [5, 5.41) is 0. The molecular weight excluding hydrogens is 281 g/mol. The Bertz CT molecular complexity index is 729. The van der Waals surface area contributed by atoms with Gasteiger partial charge in [-0.3, -0.25) is 0 Å². The lowest BCUT2D eigenvalue weighted by atomic mass is 10.2. The van der Waals surface area contributed by atoms with E-state index < -0.39 is 15.7 Å². The Morgan fingerprint density at radius 2 is 1.95 bits per heavy atom. The first-order valence-corrected chi connectivity index (χ1v) is 7.48. The quantitative estimate of drug-likeness (QED) is 0.879. The van der Waals surface area contributed by atoms with Gasteiger partial charge >= 0.3 is 0 Å². The first kappa shape index (κ1) is 14.3. The smallest absolute Gasteiger partial charge is 0.182 e. The lowest BCUT2D eigenvalue weighted by Crippen LogP contribution is -2.06. The van der Waals surface area contributed by atoms with E-state index in [-0.39, 0.29) is 16.3 Å². The summed E-state index contributed by atoms with van der Waals surface area (Å²) in [4.78, 5) is -0.0907. The Morgan fingerprint density at radius 1 is 1.20 bits per heavy atom. The second-order valence-electron chi connectivity index (χ2n) is 4.29. The van der Waals surface area contributed by atoms with Crippen LogP contribution in [0.4, 0.5) is 10.1 Å². The molecule has 0 aliphatic carbocycles. The van der Waals surface area contributed by atoms with Gasteiger partial charge in [-0.15, -0.1) is 0 Å². The summed E-state index contributed by atoms with van der Waals surface area (Å²) in [6.45, 7) is 0. The third-order valence-electron chi connectivity index (χ3n) is 2.82. The molecular formula is C14H14FNO3S. The van der Waals surface area contributed by atoms with Crippen LogP contribution in [0, 0.1) is 5.82 Å². The molecule has 0 fully saturated rings. The molecule has 6 heteroatoms. The molecule has 0 atom stereocenters. The number of sulfone groups is 1. The van der Waals surface area contributed by atoms with E-state index >= 15 is 0 Å². The molecule has 20 heavy (non-hydrogen) atoms. The van der Waals surface area contributed by atoms with Crippen molar-refractivity contribution in [2.75, 3.05) is 12.8 Å². The number of hydrogen-bond acceptors (Lipinski definition) is 4. The average molecular weight is 295 g/mol. The van der Waals surface area contributed by atoms with Crippen LogP contribution in [0.15, 0.2) is 47.4 Å². The summed E-state index contributed by atoms with van der Waals surface area (Å²) < 4.78 is 42.8. The summed E-state index contributed by atoms with van der Waals surface area (Å²) in [5.74, 6) is -0.397. The maximum atomic E-state index is 13.4. The van der Waals surface area contributed by atoms with E-state index in [1.807, 2.05) is 0 Å². The third kappa shape index (κ3) is 3.08. The van der Waals surface area contributed by atoms with Crippen molar-refractivity contribution >= 4 is 15.5 Å². The van der Waals surface area contributed by atoms with Gasteiger partial charge in [0.2, 0.25) is 0 Å². The highest BCUT2D eigenvalue weighted by atomic mass is 32.2. The van der Waals surface area contributed by atoms with Gasteiger partial charge in [0.15, 0.2) is 9.84 Å². The number of nitrogens with two attached hydrogens (primary N) is 1. The molecule has 0 unspecified atom stereocenters. The van der Waals surface area contributed by atoms with E-state index in [1.165, 1.54) is 19.2 Å². The lowest BCUT2D eigenvalue weighted by Gasteiger charge is -2.07. The summed E-state index contributed by atoms with van der Waals surface area (Å²) in [5.41, 5.74) is 5.83. The monoisotopic (exact) mass is 295 g/mol. The SMILES string of the molecule is COc1cccc(CS(=O)(=O)c2ccc(N)c(F)c2)c1. The van der Waals surface area contributed by atoms with Crippen LogP contribution in [0.5, 0.6) is 5.75 Å². The van der Waals surface area contributed by atoms with Crippen LogP contribution in [-0.4, -0.2) is 15.5 Å². The second kappa shape index (κ2) is 5.50. The van der Waals surface area contributed by atoms with Crippen molar-refractivity contribution < 1.29 is 17.5 Å². The fourth-order valence-corrected chi connectivity index (χ4v) is 3.11. The molecule has 0 aliphatic rings. The maximum Gasteiger partial charge on any atom is 0.182 e. The molecule has 0 heterocycles. The second-order valence-corrected chi connectivity index (χ2v) is 6.28. The molecule has 0 saturated heterocycles. The van der Waals surface area contributed by atoms with Gasteiger partial charge in [-0.05, 0) is 35.9 Å². The van der Waals surface area contributed by atoms with Crippen LogP contribution in [0.3, 0.4) is 0 Å². The molecule has 106 valence electrons. The van der Waals surface area contributed by atoms with Crippen molar-refractivity contribution in [2.45, 2.75) is 10.6 Å². The van der Waals surface area contributed by atoms with Gasteiger partial charge < -0.3 is 10.5 Å². The van der Waals surface area contributed by atoms with Gasteiger partial charge in [-0.2, -0.15) is 0 Å². The Morgan fingerprint density at radius 3 is 2.60 bits per heavy atom. The minimum absolute atomic E-state index is 0.0784. The van der Waals surface area contributed by atoms with Crippen molar-refractivity contribution in [2.24, 2.45) is 0 Å². The average Bonchev–Trinajstić information content (AvgIpc) is 2.41. The van der Waals surface area contributed by atoms with Crippen LogP contribution < -0.4 is 10.5 Å². The molecule has 0 aromatic heterocycles. The molecule has 4 nitrogen and oxygen atoms in total. The van der Waals surface area contributed by atoms with Crippen LogP contribution in [0.2, 0.25) is 0 Å². The molecule has 0 aliphatic heterocycles. The molecule has 0 spiro atoms. The first-order valence-electron chi connectivity index (χ1n) is 5.83. The summed E-state index contributed by atoms with van der Waals surface area (Å²) >= 11 is 0. The minimum Gasteiger partial charge on any atom is -0.497 e. The molecule has 0 bridgehead atoms. The Labute approximate surface area is 116 Å². The normalized spacial score (nSPS) is 11.3. The number of anilines is 1. The Kier molecular flexibility index (Phi) is 3.94. The van der Waals surface area contributed by atoms with E-state index in [1.54, 1.807) is 24.3 Å². The largest absolute Gasteiger partial charge is 0.497 e. The van der Waals surface area contributed by atoms with Gasteiger partial charge in [0.25, 0.3) is 0 Å². The zero-order valence-electron chi connectivity index (χ0n) is 10.8. The van der Waals surface area contributed by atoms with Crippen molar-refractivity contribution in [3.05, 3.63) is 53.8 Å². The van der Waals surface area contributed by atoms with Gasteiger partial charge in [0.1, 0.15) is 11.6 Å². The van der Waals surface area contributed by atoms with Crippen molar-refractivity contribution in [3.63, 3.8) is 0 Å². The maximum absolute atomic E-state index is 13.4. The molecule has 0 saturated carbocycles. The molecule has 2 rings (SSSR count). The van der Waals surface area contributed by atoms with Crippen LogP contribution in [0.25, 0.3) is 0 Å². The lowest BCUT2D eigenvalue weighted by molar-refractivity contribution is 0.414. The summed E-state index contributed by atoms with van der Waals surface area (Å²) in [6, 6.07) is 10.2. The Hall–Kier alpha value is -2.08. The van der Waals surface area contributed by atoms with E-state index in [4.69, 9.17) is 10.5 Å². The third-order valence-corrected chi connectivity index (χ3v) is 4.51. The topological polar surface area (TPSA) is 69.4 Å². The predicted octanol–water partition coefficient (Wildman–Crippen LogP) is 2.39. The molecule has 2 N–H and O–H groups in total. The fraction of sp³-hybridized carbons (Fsp3) is 0.143. The van der Waals surface area contributed by atoms with Crippen molar-refractivity contribution in [1.29, 1.82) is 0 Å². The molecule has 2 aromatic rings. The Balaban J connectivity index is 2.32. The highest BCUT2D eigenvalue weighted by Gasteiger charge is 2.17. The van der Waals surface area contributed by atoms with Crippen LogP contribution >= 0.6 is 0 Å². The number of benzene rings is 2. The van der Waals surface area contributed by atoms with Crippen molar-refractivity contribution in [3.8, 4) is 5.75 Å². The number of ether oxygens (including phenoxy) is 1. The molecule has 2 aromatic carbocycles. The number of rotatable bonds is 4. The minimum atomic E-state index is -3.63. The van der Waals surface area contributed by atoms with E-state index in [0.29, 0.717) is 11.3 Å². The van der Waals surface area contributed by atoms with Gasteiger partial charge in [-0.25, -0.2) is 12.8 Å². The number of methoxy groups -OCH3 is 1. The molecule has 0 amide bonds. The fourth-order valence-electron chi connectivity index (χ4n) is 1.77. The van der Waals surface area contributed by atoms with Crippen LogP contribution in [-0.2, 0) is 15.6 Å². The van der Waals surface area contributed by atoms with E-state index in [0.717, 1.165) is 6.07 Å².